The van der Waals surface area contributed by atoms with Gasteiger partial charge in [-0.3, -0.25) is 0 Å². The minimum atomic E-state index is -2.32. The largest absolute Gasteiger partial charge is 0.327 e. The van der Waals surface area contributed by atoms with Crippen molar-refractivity contribution in [2.75, 3.05) is 6.54 Å². The minimum Gasteiger partial charge on any atom is -0.327 e. The Labute approximate surface area is 81.1 Å². The molecule has 1 fully saturated rings. The number of nitrogens with zero attached hydrogens (tertiary/aromatic N) is 2. The Morgan fingerprint density at radius 1 is 1.64 bits per heavy atom. The molecule has 0 aliphatic carbocycles. The number of hydrogen-bond acceptors (Lipinski definition) is 2. The lowest BCUT2D eigenvalue weighted by molar-refractivity contribution is 0.125. The number of nitrogens with one attached hydrogen (secondary N) is 1. The van der Waals surface area contributed by atoms with E-state index in [-0.39, 0.29) is 12.6 Å². The van der Waals surface area contributed by atoms with Crippen LogP contribution in [0.3, 0.4) is 0 Å². The molecule has 1 aromatic heterocycles. The van der Waals surface area contributed by atoms with Crippen LogP contribution in [-0.4, -0.2) is 22.5 Å². The predicted molar refractivity (Wildman–Crippen MR) is 48.2 cm³/mol. The summed E-state index contributed by atoms with van der Waals surface area (Å²) < 4.78 is 25.9. The fraction of sp³-hybridized carbons (Fsp3) is 0.667. The Balaban J connectivity index is 2.12. The van der Waals surface area contributed by atoms with Crippen molar-refractivity contribution < 1.29 is 8.78 Å². The normalized spacial score (nSPS) is 22.1. The van der Waals surface area contributed by atoms with Gasteiger partial charge >= 0.3 is 0 Å². The molecule has 1 aromatic rings. The smallest absolute Gasteiger partial charge is 0.256 e. The van der Waals surface area contributed by atoms with Gasteiger partial charge in [-0.15, -0.1) is 0 Å². The van der Waals surface area contributed by atoms with Gasteiger partial charge in [0.15, 0.2) is 0 Å². The highest BCUT2D eigenvalue weighted by molar-refractivity contribution is 5.07. The Morgan fingerprint density at radius 3 is 3.14 bits per heavy atom. The first-order valence-electron chi connectivity index (χ1n) is 4.79. The molecule has 1 atom stereocenters. The summed E-state index contributed by atoms with van der Waals surface area (Å²) in [5, 5.41) is 3.27. The van der Waals surface area contributed by atoms with E-state index in [0.29, 0.717) is 0 Å². The van der Waals surface area contributed by atoms with Gasteiger partial charge in [0.25, 0.3) is 6.43 Å². The van der Waals surface area contributed by atoms with E-state index in [1.165, 1.54) is 10.9 Å². The third-order valence-electron chi connectivity index (χ3n) is 2.50. The van der Waals surface area contributed by atoms with E-state index in [1.54, 1.807) is 6.20 Å². The average Bonchev–Trinajstić information content (AvgIpc) is 2.70. The molecule has 0 amide bonds. The van der Waals surface area contributed by atoms with E-state index in [0.717, 1.165) is 25.1 Å². The molecule has 0 aromatic carbocycles. The lowest BCUT2D eigenvalue weighted by atomic mass is 10.2. The fourth-order valence-electron chi connectivity index (χ4n) is 1.86. The topological polar surface area (TPSA) is 29.9 Å². The van der Waals surface area contributed by atoms with Gasteiger partial charge < -0.3 is 9.88 Å². The van der Waals surface area contributed by atoms with Gasteiger partial charge in [-0.05, 0) is 19.4 Å². The standard InChI is InChI=1S/C9H13F2N3/c10-9(11)5-14-6-12-4-8(14)7-2-1-3-13-7/h4,6-7,9,13H,1-3,5H2. The maximum Gasteiger partial charge on any atom is 0.256 e. The summed E-state index contributed by atoms with van der Waals surface area (Å²) in [6, 6.07) is 0.205. The SMILES string of the molecule is FC(F)Cn1cncc1C1CCCN1. The molecule has 0 saturated carbocycles. The van der Waals surface area contributed by atoms with Crippen LogP contribution in [0.15, 0.2) is 12.5 Å². The summed E-state index contributed by atoms with van der Waals surface area (Å²) in [6.45, 7) is 0.706. The summed E-state index contributed by atoms with van der Waals surface area (Å²) in [5.41, 5.74) is 0.878. The number of hydrogen-bond donors (Lipinski definition) is 1. The molecule has 2 rings (SSSR count). The monoisotopic (exact) mass is 201 g/mol. The highest BCUT2D eigenvalue weighted by Gasteiger charge is 2.20. The second kappa shape index (κ2) is 4.04. The zero-order valence-corrected chi connectivity index (χ0v) is 7.79. The van der Waals surface area contributed by atoms with Crippen LogP contribution in [0.2, 0.25) is 0 Å². The molecule has 3 nitrogen and oxygen atoms in total. The Morgan fingerprint density at radius 2 is 2.50 bits per heavy atom. The molecule has 1 aliphatic rings. The van der Waals surface area contributed by atoms with Crippen LogP contribution >= 0.6 is 0 Å². The van der Waals surface area contributed by atoms with Crippen LogP contribution in [0.1, 0.15) is 24.6 Å². The van der Waals surface area contributed by atoms with Crippen molar-refractivity contribution in [1.82, 2.24) is 14.9 Å². The summed E-state index contributed by atoms with van der Waals surface area (Å²) in [6.07, 6.45) is 2.94. The number of rotatable bonds is 3. The highest BCUT2D eigenvalue weighted by atomic mass is 19.3. The molecule has 0 bridgehead atoms. The molecule has 2 heterocycles. The molecule has 1 unspecified atom stereocenters. The van der Waals surface area contributed by atoms with Crippen LogP contribution in [0.4, 0.5) is 8.78 Å². The molecule has 0 spiro atoms. The zero-order valence-electron chi connectivity index (χ0n) is 7.79. The number of aromatic nitrogens is 2. The van der Waals surface area contributed by atoms with E-state index in [2.05, 4.69) is 10.3 Å². The zero-order chi connectivity index (χ0) is 9.97. The molecule has 0 radical (unpaired) electrons. The molecule has 1 saturated heterocycles. The number of halogens is 2. The van der Waals surface area contributed by atoms with Crippen molar-refractivity contribution in [2.45, 2.75) is 31.9 Å². The first kappa shape index (κ1) is 9.58. The van der Waals surface area contributed by atoms with Gasteiger partial charge in [-0.25, -0.2) is 13.8 Å². The Hall–Kier alpha value is -0.970. The number of imidazole rings is 1. The van der Waals surface area contributed by atoms with Crippen molar-refractivity contribution in [3.05, 3.63) is 18.2 Å². The summed E-state index contributed by atoms with van der Waals surface area (Å²) >= 11 is 0. The molecule has 5 heteroatoms. The van der Waals surface area contributed by atoms with Gasteiger partial charge in [-0.1, -0.05) is 0 Å². The lowest BCUT2D eigenvalue weighted by Gasteiger charge is -2.13. The lowest BCUT2D eigenvalue weighted by Crippen LogP contribution is -2.18. The van der Waals surface area contributed by atoms with Crippen LogP contribution < -0.4 is 5.32 Å². The summed E-state index contributed by atoms with van der Waals surface area (Å²) in [4.78, 5) is 3.91. The Bertz CT molecular complexity index is 292. The van der Waals surface area contributed by atoms with E-state index < -0.39 is 6.43 Å². The highest BCUT2D eigenvalue weighted by Crippen LogP contribution is 2.22. The third-order valence-corrected chi connectivity index (χ3v) is 2.50. The van der Waals surface area contributed by atoms with Crippen molar-refractivity contribution >= 4 is 0 Å². The van der Waals surface area contributed by atoms with E-state index in [9.17, 15) is 8.78 Å². The van der Waals surface area contributed by atoms with Gasteiger partial charge in [0.05, 0.1) is 18.6 Å². The minimum absolute atomic E-state index is 0.205. The van der Waals surface area contributed by atoms with Crippen molar-refractivity contribution in [3.8, 4) is 0 Å². The first-order valence-corrected chi connectivity index (χ1v) is 4.79. The van der Waals surface area contributed by atoms with E-state index >= 15 is 0 Å². The van der Waals surface area contributed by atoms with Gasteiger partial charge in [0, 0.05) is 12.2 Å². The van der Waals surface area contributed by atoms with Gasteiger partial charge in [-0.2, -0.15) is 0 Å². The average molecular weight is 201 g/mol. The molecule has 14 heavy (non-hydrogen) atoms. The fourth-order valence-corrected chi connectivity index (χ4v) is 1.86. The molecule has 1 aliphatic heterocycles. The third kappa shape index (κ3) is 1.92. The maximum absolute atomic E-state index is 12.2. The summed E-state index contributed by atoms with van der Waals surface area (Å²) in [7, 11) is 0. The van der Waals surface area contributed by atoms with E-state index in [4.69, 9.17) is 0 Å². The van der Waals surface area contributed by atoms with Gasteiger partial charge in [0.2, 0.25) is 0 Å². The first-order chi connectivity index (χ1) is 6.77. The van der Waals surface area contributed by atoms with Crippen molar-refractivity contribution in [1.29, 1.82) is 0 Å². The second-order valence-corrected chi connectivity index (χ2v) is 3.51. The second-order valence-electron chi connectivity index (χ2n) is 3.51. The quantitative estimate of drug-likeness (QED) is 0.804. The van der Waals surface area contributed by atoms with Crippen LogP contribution in [-0.2, 0) is 6.54 Å². The molecule has 78 valence electrons. The van der Waals surface area contributed by atoms with Crippen LogP contribution in [0, 0.1) is 0 Å². The summed E-state index contributed by atoms with van der Waals surface area (Å²) in [5.74, 6) is 0. The maximum atomic E-state index is 12.2. The van der Waals surface area contributed by atoms with Crippen LogP contribution in [0.25, 0.3) is 0 Å². The van der Waals surface area contributed by atoms with E-state index in [1.807, 2.05) is 0 Å². The molecular formula is C9H13F2N3. The van der Waals surface area contributed by atoms with Gasteiger partial charge in [0.1, 0.15) is 0 Å². The molecular weight excluding hydrogens is 188 g/mol. The van der Waals surface area contributed by atoms with Crippen LogP contribution in [0.5, 0.6) is 0 Å². The number of alkyl halides is 2. The van der Waals surface area contributed by atoms with Crippen molar-refractivity contribution in [3.63, 3.8) is 0 Å². The Kier molecular flexibility index (Phi) is 2.77. The van der Waals surface area contributed by atoms with Crippen molar-refractivity contribution in [2.24, 2.45) is 0 Å². The molecule has 1 N–H and O–H groups in total. The predicted octanol–water partition coefficient (Wildman–Crippen LogP) is 1.57.